The average Bonchev–Trinajstić information content (AvgIpc) is 3.13. The maximum Gasteiger partial charge on any atom is 0.209 e. The van der Waals surface area contributed by atoms with Gasteiger partial charge in [-0.05, 0) is 46.1 Å². The first-order chi connectivity index (χ1) is 10.2. The summed E-state index contributed by atoms with van der Waals surface area (Å²) in [7, 11) is 0. The summed E-state index contributed by atoms with van der Waals surface area (Å²) in [5, 5.41) is 16.8. The van der Waals surface area contributed by atoms with Crippen molar-refractivity contribution >= 4 is 15.9 Å². The normalized spacial score (nSPS) is 11.0. The van der Waals surface area contributed by atoms with Gasteiger partial charge in [-0.25, -0.2) is 4.68 Å². The van der Waals surface area contributed by atoms with Crippen LogP contribution in [0.15, 0.2) is 35.1 Å². The number of benzene rings is 1. The molecule has 0 radical (unpaired) electrons. The predicted octanol–water partition coefficient (Wildman–Crippen LogP) is 2.87. The molecular weight excluding hydrogens is 332 g/mol. The quantitative estimate of drug-likeness (QED) is 0.728. The Labute approximate surface area is 130 Å². The Balaban J connectivity index is 2.07. The van der Waals surface area contributed by atoms with Crippen LogP contribution in [0.1, 0.15) is 19.4 Å². The summed E-state index contributed by atoms with van der Waals surface area (Å²) in [4.78, 5) is 1.55. The first-order valence-electron chi connectivity index (χ1n) is 6.84. The summed E-state index contributed by atoms with van der Waals surface area (Å²) in [6.07, 6.45) is 2.70. The van der Waals surface area contributed by atoms with Gasteiger partial charge in [-0.3, -0.25) is 0 Å². The summed E-state index contributed by atoms with van der Waals surface area (Å²) in [6, 6.07) is 8.20. The van der Waals surface area contributed by atoms with Crippen LogP contribution in [0.5, 0.6) is 0 Å². The molecule has 1 aromatic carbocycles. The number of hydrogen-bond donors (Lipinski definition) is 0. The fourth-order valence-electron chi connectivity index (χ4n) is 2.15. The summed E-state index contributed by atoms with van der Waals surface area (Å²) in [5.41, 5.74) is 3.12. The number of rotatable bonds is 4. The van der Waals surface area contributed by atoms with Crippen molar-refractivity contribution in [3.05, 3.63) is 40.6 Å². The molecule has 0 amide bonds. The third-order valence-corrected chi connectivity index (χ3v) is 4.05. The first-order valence-corrected chi connectivity index (χ1v) is 7.63. The van der Waals surface area contributed by atoms with Crippen LogP contribution in [-0.4, -0.2) is 30.0 Å². The van der Waals surface area contributed by atoms with E-state index in [0.29, 0.717) is 12.4 Å². The highest BCUT2D eigenvalue weighted by atomic mass is 79.9. The van der Waals surface area contributed by atoms with E-state index in [2.05, 4.69) is 55.5 Å². The number of aryl methyl sites for hydroxylation is 2. The topological polar surface area (TPSA) is 61.4 Å². The van der Waals surface area contributed by atoms with Crippen molar-refractivity contribution in [1.29, 1.82) is 0 Å². The first kappa shape index (κ1) is 13.9. The van der Waals surface area contributed by atoms with Crippen LogP contribution in [-0.2, 0) is 13.0 Å². The van der Waals surface area contributed by atoms with E-state index in [1.54, 1.807) is 11.0 Å². The lowest BCUT2D eigenvalue weighted by molar-refractivity contribution is 0.553. The van der Waals surface area contributed by atoms with Crippen LogP contribution >= 0.6 is 15.9 Å². The molecule has 6 nitrogen and oxygen atoms in total. The van der Waals surface area contributed by atoms with Crippen LogP contribution < -0.4 is 0 Å². The number of aromatic nitrogens is 6. The van der Waals surface area contributed by atoms with Gasteiger partial charge in [-0.1, -0.05) is 25.1 Å². The molecule has 0 bridgehead atoms. The van der Waals surface area contributed by atoms with Crippen molar-refractivity contribution in [2.24, 2.45) is 0 Å². The van der Waals surface area contributed by atoms with E-state index in [9.17, 15) is 0 Å². The van der Waals surface area contributed by atoms with Crippen LogP contribution in [0.25, 0.3) is 17.1 Å². The van der Waals surface area contributed by atoms with Crippen molar-refractivity contribution in [3.8, 4) is 17.1 Å². The van der Waals surface area contributed by atoms with Crippen molar-refractivity contribution in [2.75, 3.05) is 0 Å². The molecule has 3 rings (SSSR count). The predicted molar refractivity (Wildman–Crippen MR) is 83.1 cm³/mol. The third-order valence-electron chi connectivity index (χ3n) is 3.29. The maximum atomic E-state index is 4.46. The lowest BCUT2D eigenvalue weighted by atomic mass is 10.1. The van der Waals surface area contributed by atoms with E-state index in [0.717, 1.165) is 22.3 Å². The van der Waals surface area contributed by atoms with Crippen molar-refractivity contribution < 1.29 is 0 Å². The Hall–Kier alpha value is -2.02. The minimum Gasteiger partial charge on any atom is -0.226 e. The van der Waals surface area contributed by atoms with Gasteiger partial charge in [0.2, 0.25) is 5.82 Å². The molecule has 2 aromatic heterocycles. The second-order valence-electron chi connectivity index (χ2n) is 4.54. The molecule has 21 heavy (non-hydrogen) atoms. The molecule has 0 N–H and O–H groups in total. The number of nitrogens with zero attached hydrogens (tertiary/aromatic N) is 6. The number of hydrogen-bond acceptors (Lipinski definition) is 4. The minimum atomic E-state index is 0.573. The van der Waals surface area contributed by atoms with Crippen LogP contribution in [0, 0.1) is 0 Å². The van der Waals surface area contributed by atoms with Gasteiger partial charge in [-0.2, -0.15) is 9.90 Å². The second kappa shape index (κ2) is 5.77. The second-order valence-corrected chi connectivity index (χ2v) is 5.30. The lowest BCUT2D eigenvalue weighted by Crippen LogP contribution is -2.01. The molecule has 0 saturated carbocycles. The SMILES string of the molecule is CCc1ccccc1-n1ncc(-c2nnn(CC)n2)c1Br. The summed E-state index contributed by atoms with van der Waals surface area (Å²) < 4.78 is 2.69. The van der Waals surface area contributed by atoms with Gasteiger partial charge in [0.15, 0.2) is 0 Å². The minimum absolute atomic E-state index is 0.573. The Morgan fingerprint density at radius 1 is 1.19 bits per heavy atom. The zero-order valence-corrected chi connectivity index (χ0v) is 13.4. The van der Waals surface area contributed by atoms with Gasteiger partial charge in [0, 0.05) is 0 Å². The summed E-state index contributed by atoms with van der Waals surface area (Å²) >= 11 is 3.60. The van der Waals surface area contributed by atoms with Crippen LogP contribution in [0.4, 0.5) is 0 Å². The van der Waals surface area contributed by atoms with Gasteiger partial charge in [0.05, 0.1) is 24.0 Å². The van der Waals surface area contributed by atoms with Crippen molar-refractivity contribution in [3.63, 3.8) is 0 Å². The molecule has 0 atom stereocenters. The average molecular weight is 347 g/mol. The zero-order chi connectivity index (χ0) is 14.8. The van der Waals surface area contributed by atoms with Crippen LogP contribution in [0.2, 0.25) is 0 Å². The molecule has 0 aliphatic heterocycles. The molecule has 0 unspecified atom stereocenters. The number of halogens is 1. The van der Waals surface area contributed by atoms with E-state index in [4.69, 9.17) is 0 Å². The van der Waals surface area contributed by atoms with Crippen molar-refractivity contribution in [2.45, 2.75) is 26.8 Å². The zero-order valence-electron chi connectivity index (χ0n) is 11.9. The highest BCUT2D eigenvalue weighted by molar-refractivity contribution is 9.10. The van der Waals surface area contributed by atoms with E-state index in [1.165, 1.54) is 5.56 Å². The fraction of sp³-hybridized carbons (Fsp3) is 0.286. The lowest BCUT2D eigenvalue weighted by Gasteiger charge is -2.08. The van der Waals surface area contributed by atoms with Gasteiger partial charge >= 0.3 is 0 Å². The maximum absolute atomic E-state index is 4.46. The Bertz CT molecular complexity index is 760. The van der Waals surface area contributed by atoms with Gasteiger partial charge in [0.25, 0.3) is 0 Å². The van der Waals surface area contributed by atoms with E-state index in [1.807, 2.05) is 23.7 Å². The van der Waals surface area contributed by atoms with Crippen molar-refractivity contribution in [1.82, 2.24) is 30.0 Å². The summed E-state index contributed by atoms with van der Waals surface area (Å²) in [5.74, 6) is 0.573. The number of para-hydroxylation sites is 1. The van der Waals surface area contributed by atoms with Gasteiger partial charge in [0.1, 0.15) is 4.60 Å². The van der Waals surface area contributed by atoms with E-state index in [-0.39, 0.29) is 0 Å². The van der Waals surface area contributed by atoms with E-state index >= 15 is 0 Å². The highest BCUT2D eigenvalue weighted by Crippen LogP contribution is 2.28. The highest BCUT2D eigenvalue weighted by Gasteiger charge is 2.16. The van der Waals surface area contributed by atoms with Gasteiger partial charge in [-0.15, -0.1) is 10.2 Å². The van der Waals surface area contributed by atoms with E-state index < -0.39 is 0 Å². The molecular formula is C14H15BrN6. The molecule has 0 spiro atoms. The summed E-state index contributed by atoms with van der Waals surface area (Å²) in [6.45, 7) is 4.80. The largest absolute Gasteiger partial charge is 0.226 e. The molecule has 0 saturated heterocycles. The van der Waals surface area contributed by atoms with Gasteiger partial charge < -0.3 is 0 Å². The monoisotopic (exact) mass is 346 g/mol. The number of tetrazole rings is 1. The van der Waals surface area contributed by atoms with Crippen LogP contribution in [0.3, 0.4) is 0 Å². The standard InChI is InChI=1S/C14H15BrN6/c1-3-10-7-5-6-8-12(10)21-13(15)11(9-16-21)14-17-19-20(4-2)18-14/h5-9H,3-4H2,1-2H3. The Kier molecular flexibility index (Phi) is 3.83. The molecule has 7 heteroatoms. The molecule has 3 aromatic rings. The Morgan fingerprint density at radius 3 is 2.71 bits per heavy atom. The third kappa shape index (κ3) is 2.49. The Morgan fingerprint density at radius 2 is 2.00 bits per heavy atom. The molecule has 108 valence electrons. The molecule has 0 fully saturated rings. The molecule has 0 aliphatic rings. The molecule has 2 heterocycles. The fourth-order valence-corrected chi connectivity index (χ4v) is 2.72. The molecule has 0 aliphatic carbocycles. The smallest absolute Gasteiger partial charge is 0.209 e.